The Morgan fingerprint density at radius 3 is 3.00 bits per heavy atom. The molecule has 0 radical (unpaired) electrons. The van der Waals surface area contributed by atoms with E-state index in [0.29, 0.717) is 17.6 Å². The van der Waals surface area contributed by atoms with Gasteiger partial charge in [-0.15, -0.1) is 0 Å². The lowest BCUT2D eigenvalue weighted by Gasteiger charge is -2.55. The highest BCUT2D eigenvalue weighted by Crippen LogP contribution is 2.51. The lowest BCUT2D eigenvalue weighted by molar-refractivity contribution is -0.112. The quantitative estimate of drug-likeness (QED) is 0.702. The Balaban J connectivity index is 1.69. The van der Waals surface area contributed by atoms with Crippen molar-refractivity contribution in [1.29, 1.82) is 0 Å². The smallest absolute Gasteiger partial charge is 0.0685 e. The van der Waals surface area contributed by atoms with Crippen molar-refractivity contribution in [3.63, 3.8) is 0 Å². The second kappa shape index (κ2) is 5.03. The molecule has 2 rings (SSSR count). The van der Waals surface area contributed by atoms with Crippen LogP contribution in [-0.4, -0.2) is 38.5 Å². The molecule has 0 amide bonds. The molecule has 1 aliphatic heterocycles. The van der Waals surface area contributed by atoms with Gasteiger partial charge in [0.15, 0.2) is 0 Å². The highest BCUT2D eigenvalue weighted by atomic mass is 16.5. The molecular formula is C13H25NO2. The average Bonchev–Trinajstić information content (AvgIpc) is 2.69. The minimum absolute atomic E-state index is 0.312. The summed E-state index contributed by atoms with van der Waals surface area (Å²) in [6, 6.07) is 0.640. The SMILES string of the molecule is CCOCCCNC1C2CCOC2C1(C)C. The van der Waals surface area contributed by atoms with Crippen LogP contribution in [0, 0.1) is 11.3 Å². The molecule has 1 saturated carbocycles. The standard InChI is InChI=1S/C13H25NO2/c1-4-15-8-5-7-14-11-10-6-9-16-12(10)13(11,2)3/h10-12,14H,4-9H2,1-3H3. The molecule has 16 heavy (non-hydrogen) atoms. The summed E-state index contributed by atoms with van der Waals surface area (Å²) in [4.78, 5) is 0. The van der Waals surface area contributed by atoms with Crippen LogP contribution < -0.4 is 5.32 Å². The van der Waals surface area contributed by atoms with E-state index in [-0.39, 0.29) is 0 Å². The number of rotatable bonds is 6. The van der Waals surface area contributed by atoms with E-state index in [1.165, 1.54) is 6.42 Å². The van der Waals surface area contributed by atoms with E-state index in [4.69, 9.17) is 9.47 Å². The van der Waals surface area contributed by atoms with Crippen molar-refractivity contribution in [2.24, 2.45) is 11.3 Å². The van der Waals surface area contributed by atoms with Crippen LogP contribution in [0.1, 0.15) is 33.6 Å². The van der Waals surface area contributed by atoms with Crippen LogP contribution in [0.2, 0.25) is 0 Å². The zero-order valence-corrected chi connectivity index (χ0v) is 10.8. The fourth-order valence-electron chi connectivity index (χ4n) is 3.31. The zero-order valence-electron chi connectivity index (χ0n) is 10.8. The minimum atomic E-state index is 0.312. The van der Waals surface area contributed by atoms with Crippen LogP contribution in [0.25, 0.3) is 0 Å². The van der Waals surface area contributed by atoms with Crippen molar-refractivity contribution in [2.45, 2.75) is 45.8 Å². The number of fused-ring (bicyclic) bond motifs is 1. The van der Waals surface area contributed by atoms with Crippen molar-refractivity contribution < 1.29 is 9.47 Å². The average molecular weight is 227 g/mol. The first-order chi connectivity index (χ1) is 7.68. The van der Waals surface area contributed by atoms with Crippen LogP contribution in [0.15, 0.2) is 0 Å². The molecule has 1 heterocycles. The molecular weight excluding hydrogens is 202 g/mol. The summed E-state index contributed by atoms with van der Waals surface area (Å²) in [5.74, 6) is 0.752. The summed E-state index contributed by atoms with van der Waals surface area (Å²) < 4.78 is 11.1. The number of nitrogens with one attached hydrogen (secondary N) is 1. The van der Waals surface area contributed by atoms with Gasteiger partial charge in [0.1, 0.15) is 0 Å². The minimum Gasteiger partial charge on any atom is -0.382 e. The van der Waals surface area contributed by atoms with Crippen LogP contribution in [0.5, 0.6) is 0 Å². The summed E-state index contributed by atoms with van der Waals surface area (Å²) in [7, 11) is 0. The molecule has 3 nitrogen and oxygen atoms in total. The molecule has 1 aliphatic carbocycles. The van der Waals surface area contributed by atoms with Crippen LogP contribution in [-0.2, 0) is 9.47 Å². The Hall–Kier alpha value is -0.120. The largest absolute Gasteiger partial charge is 0.382 e. The van der Waals surface area contributed by atoms with Gasteiger partial charge in [0.05, 0.1) is 6.10 Å². The van der Waals surface area contributed by atoms with Crippen LogP contribution in [0.3, 0.4) is 0 Å². The molecule has 0 aromatic rings. The van der Waals surface area contributed by atoms with E-state index >= 15 is 0 Å². The predicted molar refractivity (Wildman–Crippen MR) is 64.5 cm³/mol. The number of hydrogen-bond acceptors (Lipinski definition) is 3. The lowest BCUT2D eigenvalue weighted by Crippen LogP contribution is -2.65. The molecule has 0 aromatic heterocycles. The van der Waals surface area contributed by atoms with E-state index < -0.39 is 0 Å². The molecule has 1 saturated heterocycles. The van der Waals surface area contributed by atoms with E-state index in [2.05, 4.69) is 19.2 Å². The third kappa shape index (κ3) is 2.13. The Morgan fingerprint density at radius 1 is 1.44 bits per heavy atom. The molecule has 1 N–H and O–H groups in total. The zero-order chi connectivity index (χ0) is 11.6. The molecule has 2 aliphatic rings. The van der Waals surface area contributed by atoms with Gasteiger partial charge >= 0.3 is 0 Å². The maximum atomic E-state index is 5.78. The van der Waals surface area contributed by atoms with E-state index in [1.807, 2.05) is 6.92 Å². The summed E-state index contributed by atoms with van der Waals surface area (Å²) in [6.07, 6.45) is 2.84. The first kappa shape index (κ1) is 12.3. The topological polar surface area (TPSA) is 30.5 Å². The monoisotopic (exact) mass is 227 g/mol. The first-order valence-electron chi connectivity index (χ1n) is 6.60. The molecule has 0 aromatic carbocycles. The van der Waals surface area contributed by atoms with Crippen molar-refractivity contribution in [3.8, 4) is 0 Å². The van der Waals surface area contributed by atoms with Crippen molar-refractivity contribution in [3.05, 3.63) is 0 Å². The predicted octanol–water partition coefficient (Wildman–Crippen LogP) is 1.82. The van der Waals surface area contributed by atoms with Gasteiger partial charge in [-0.2, -0.15) is 0 Å². The molecule has 94 valence electrons. The highest BCUT2D eigenvalue weighted by Gasteiger charge is 2.58. The Labute approximate surface area is 98.9 Å². The normalized spacial score (nSPS) is 35.8. The number of ether oxygens (including phenoxy) is 2. The molecule has 3 heteroatoms. The van der Waals surface area contributed by atoms with Gasteiger partial charge in [-0.1, -0.05) is 13.8 Å². The van der Waals surface area contributed by atoms with Gasteiger partial charge < -0.3 is 14.8 Å². The third-order valence-corrected chi connectivity index (χ3v) is 4.13. The van der Waals surface area contributed by atoms with Gasteiger partial charge in [0.2, 0.25) is 0 Å². The summed E-state index contributed by atoms with van der Waals surface area (Å²) in [5, 5.41) is 3.68. The second-order valence-electron chi connectivity index (χ2n) is 5.55. The summed E-state index contributed by atoms with van der Waals surface area (Å²) >= 11 is 0. The summed E-state index contributed by atoms with van der Waals surface area (Å²) in [5.41, 5.74) is 0.312. The van der Waals surface area contributed by atoms with Crippen molar-refractivity contribution >= 4 is 0 Å². The molecule has 2 fully saturated rings. The van der Waals surface area contributed by atoms with Crippen molar-refractivity contribution in [1.82, 2.24) is 5.32 Å². The van der Waals surface area contributed by atoms with E-state index in [9.17, 15) is 0 Å². The van der Waals surface area contributed by atoms with Gasteiger partial charge in [0.25, 0.3) is 0 Å². The third-order valence-electron chi connectivity index (χ3n) is 4.13. The molecule has 3 unspecified atom stereocenters. The van der Waals surface area contributed by atoms with Gasteiger partial charge in [0, 0.05) is 37.2 Å². The highest BCUT2D eigenvalue weighted by molar-refractivity contribution is 5.11. The van der Waals surface area contributed by atoms with Crippen LogP contribution >= 0.6 is 0 Å². The van der Waals surface area contributed by atoms with Gasteiger partial charge in [-0.25, -0.2) is 0 Å². The second-order valence-corrected chi connectivity index (χ2v) is 5.55. The fraction of sp³-hybridized carbons (Fsp3) is 1.00. The molecule has 0 bridgehead atoms. The lowest BCUT2D eigenvalue weighted by atomic mass is 9.57. The van der Waals surface area contributed by atoms with Gasteiger partial charge in [-0.05, 0) is 26.3 Å². The van der Waals surface area contributed by atoms with Gasteiger partial charge in [-0.3, -0.25) is 0 Å². The Kier molecular flexibility index (Phi) is 3.88. The Bertz CT molecular complexity index is 230. The molecule has 3 atom stereocenters. The van der Waals surface area contributed by atoms with Crippen LogP contribution in [0.4, 0.5) is 0 Å². The molecule has 0 spiro atoms. The first-order valence-corrected chi connectivity index (χ1v) is 6.60. The Morgan fingerprint density at radius 2 is 2.25 bits per heavy atom. The fourth-order valence-corrected chi connectivity index (χ4v) is 3.31. The number of hydrogen-bond donors (Lipinski definition) is 1. The van der Waals surface area contributed by atoms with E-state index in [0.717, 1.165) is 38.7 Å². The maximum Gasteiger partial charge on any atom is 0.0685 e. The summed E-state index contributed by atoms with van der Waals surface area (Å²) in [6.45, 7) is 10.4. The maximum absolute atomic E-state index is 5.78. The van der Waals surface area contributed by atoms with E-state index in [1.54, 1.807) is 0 Å². The van der Waals surface area contributed by atoms with Crippen molar-refractivity contribution in [2.75, 3.05) is 26.4 Å².